The summed E-state index contributed by atoms with van der Waals surface area (Å²) in [6.07, 6.45) is 0.943. The molecule has 0 saturated heterocycles. The van der Waals surface area contributed by atoms with Gasteiger partial charge in [-0.2, -0.15) is 0 Å². The van der Waals surface area contributed by atoms with Gasteiger partial charge >= 0.3 is 0 Å². The minimum absolute atomic E-state index is 0.584. The molecule has 0 unspecified atom stereocenters. The SMILES string of the molecule is c1ccc(-c2nc(-c3ccc4c(c3)-c3ccccc3C4)nc(-c3cccc4c3-c3ccccc3C43c4ccccc4-c4ccccc4-c4ccccc43)n2)cc1. The second kappa shape index (κ2) is 11.9. The van der Waals surface area contributed by atoms with Crippen molar-refractivity contribution >= 4 is 0 Å². The van der Waals surface area contributed by atoms with Crippen LogP contribution in [0.15, 0.2) is 188 Å². The van der Waals surface area contributed by atoms with E-state index in [1.165, 1.54) is 72.3 Å². The first-order valence-electron chi connectivity index (χ1n) is 19.3. The minimum Gasteiger partial charge on any atom is -0.208 e. The fourth-order valence-electron chi connectivity index (χ4n) is 9.89. The first-order chi connectivity index (χ1) is 27.8. The van der Waals surface area contributed by atoms with Gasteiger partial charge in [-0.15, -0.1) is 0 Å². The third-order valence-electron chi connectivity index (χ3n) is 12.2. The van der Waals surface area contributed by atoms with Gasteiger partial charge in [-0.1, -0.05) is 182 Å². The molecular formula is C53H33N3. The van der Waals surface area contributed by atoms with E-state index in [0.29, 0.717) is 17.5 Å². The zero-order valence-corrected chi connectivity index (χ0v) is 30.4. The van der Waals surface area contributed by atoms with Gasteiger partial charge < -0.3 is 0 Å². The largest absolute Gasteiger partial charge is 0.208 e. The highest BCUT2D eigenvalue weighted by molar-refractivity contribution is 6.00. The smallest absolute Gasteiger partial charge is 0.164 e. The van der Waals surface area contributed by atoms with Crippen LogP contribution in [0.2, 0.25) is 0 Å². The molecule has 260 valence electrons. The monoisotopic (exact) mass is 711 g/mol. The van der Waals surface area contributed by atoms with Crippen molar-refractivity contribution in [2.75, 3.05) is 0 Å². The van der Waals surface area contributed by atoms with Gasteiger partial charge in [0.1, 0.15) is 0 Å². The Hall–Kier alpha value is -7.23. The molecule has 1 aromatic heterocycles. The number of fused-ring (bicyclic) bond motifs is 15. The Labute approximate surface area is 325 Å². The van der Waals surface area contributed by atoms with Crippen LogP contribution in [0.1, 0.15) is 33.4 Å². The van der Waals surface area contributed by atoms with Gasteiger partial charge in [0, 0.05) is 16.7 Å². The summed E-state index contributed by atoms with van der Waals surface area (Å²) >= 11 is 0. The summed E-state index contributed by atoms with van der Waals surface area (Å²) in [4.78, 5) is 15.9. The van der Waals surface area contributed by atoms with Crippen LogP contribution in [0.5, 0.6) is 0 Å². The number of hydrogen-bond acceptors (Lipinski definition) is 3. The number of rotatable bonds is 3. The highest BCUT2D eigenvalue weighted by Gasteiger charge is 2.50. The van der Waals surface area contributed by atoms with Crippen LogP contribution in [-0.2, 0) is 11.8 Å². The first-order valence-corrected chi connectivity index (χ1v) is 19.3. The van der Waals surface area contributed by atoms with Gasteiger partial charge in [0.05, 0.1) is 5.41 Å². The summed E-state index contributed by atoms with van der Waals surface area (Å²) in [5.41, 5.74) is 20.0. The van der Waals surface area contributed by atoms with Crippen molar-refractivity contribution in [2.45, 2.75) is 11.8 Å². The molecule has 0 atom stereocenters. The van der Waals surface area contributed by atoms with Crippen LogP contribution in [0.3, 0.4) is 0 Å². The summed E-state index contributed by atoms with van der Waals surface area (Å²) in [7, 11) is 0. The molecule has 0 N–H and O–H groups in total. The second-order valence-electron chi connectivity index (χ2n) is 15.0. The molecule has 0 radical (unpaired) electrons. The van der Waals surface area contributed by atoms with Gasteiger partial charge in [-0.3, -0.25) is 0 Å². The van der Waals surface area contributed by atoms with E-state index in [1.807, 2.05) is 18.2 Å². The molecule has 0 bridgehead atoms. The number of aromatic nitrogens is 3. The summed E-state index contributed by atoms with van der Waals surface area (Å²) in [5, 5.41) is 0. The Morgan fingerprint density at radius 2 is 0.786 bits per heavy atom. The Kier molecular flexibility index (Phi) is 6.61. The van der Waals surface area contributed by atoms with Crippen LogP contribution >= 0.6 is 0 Å². The summed E-state index contributed by atoms with van der Waals surface area (Å²) in [5.74, 6) is 1.99. The maximum absolute atomic E-state index is 5.38. The molecule has 8 aromatic carbocycles. The molecule has 0 aliphatic heterocycles. The molecule has 12 rings (SSSR count). The minimum atomic E-state index is -0.584. The van der Waals surface area contributed by atoms with Crippen molar-refractivity contribution < 1.29 is 0 Å². The quantitative estimate of drug-likeness (QED) is 0.183. The van der Waals surface area contributed by atoms with E-state index in [4.69, 9.17) is 15.0 Å². The zero-order valence-electron chi connectivity index (χ0n) is 30.4. The summed E-state index contributed by atoms with van der Waals surface area (Å²) in [6.45, 7) is 0. The van der Waals surface area contributed by atoms with Crippen molar-refractivity contribution in [3.05, 3.63) is 221 Å². The fraction of sp³-hybridized carbons (Fsp3) is 0.0377. The maximum Gasteiger partial charge on any atom is 0.164 e. The van der Waals surface area contributed by atoms with E-state index in [9.17, 15) is 0 Å². The predicted octanol–water partition coefficient (Wildman–Crippen LogP) is 12.5. The summed E-state index contributed by atoms with van der Waals surface area (Å²) in [6, 6.07) is 68.3. The molecule has 3 heteroatoms. The molecule has 3 aliphatic rings. The van der Waals surface area contributed by atoms with Crippen LogP contribution in [-0.4, -0.2) is 15.0 Å². The lowest BCUT2D eigenvalue weighted by Gasteiger charge is -2.35. The number of benzene rings is 8. The molecule has 1 spiro atoms. The van der Waals surface area contributed by atoms with Crippen molar-refractivity contribution in [3.8, 4) is 78.7 Å². The first kappa shape index (κ1) is 31.2. The van der Waals surface area contributed by atoms with Crippen LogP contribution < -0.4 is 0 Å². The molecule has 9 aromatic rings. The highest BCUT2D eigenvalue weighted by atomic mass is 15.0. The topological polar surface area (TPSA) is 38.7 Å². The molecule has 3 nitrogen and oxygen atoms in total. The highest BCUT2D eigenvalue weighted by Crippen LogP contribution is 2.62. The molecular weight excluding hydrogens is 679 g/mol. The average Bonchev–Trinajstić information content (AvgIpc) is 3.76. The third-order valence-corrected chi connectivity index (χ3v) is 12.2. The van der Waals surface area contributed by atoms with Crippen LogP contribution in [0, 0.1) is 0 Å². The lowest BCUT2D eigenvalue weighted by Crippen LogP contribution is -2.29. The van der Waals surface area contributed by atoms with E-state index < -0.39 is 5.41 Å². The summed E-state index contributed by atoms with van der Waals surface area (Å²) < 4.78 is 0. The zero-order chi connectivity index (χ0) is 36.8. The number of nitrogens with zero attached hydrogens (tertiary/aromatic N) is 3. The van der Waals surface area contributed by atoms with Crippen LogP contribution in [0.4, 0.5) is 0 Å². The second-order valence-corrected chi connectivity index (χ2v) is 15.0. The molecule has 0 saturated carbocycles. The van der Waals surface area contributed by atoms with Crippen molar-refractivity contribution in [3.63, 3.8) is 0 Å². The molecule has 1 heterocycles. The third kappa shape index (κ3) is 4.31. The Bertz CT molecular complexity index is 3000. The van der Waals surface area contributed by atoms with E-state index in [2.05, 4.69) is 170 Å². The lowest BCUT2D eigenvalue weighted by atomic mass is 9.66. The maximum atomic E-state index is 5.38. The van der Waals surface area contributed by atoms with E-state index in [0.717, 1.165) is 28.7 Å². The van der Waals surface area contributed by atoms with E-state index in [-0.39, 0.29) is 0 Å². The predicted molar refractivity (Wildman–Crippen MR) is 226 cm³/mol. The van der Waals surface area contributed by atoms with Gasteiger partial charge in [0.15, 0.2) is 17.5 Å². The van der Waals surface area contributed by atoms with Gasteiger partial charge in [0.2, 0.25) is 0 Å². The Balaban J connectivity index is 1.15. The Morgan fingerprint density at radius 1 is 0.304 bits per heavy atom. The lowest BCUT2D eigenvalue weighted by molar-refractivity contribution is 0.775. The molecule has 0 fully saturated rings. The Morgan fingerprint density at radius 3 is 1.48 bits per heavy atom. The van der Waals surface area contributed by atoms with Gasteiger partial charge in [-0.05, 0) is 90.4 Å². The van der Waals surface area contributed by atoms with Crippen molar-refractivity contribution in [1.82, 2.24) is 15.0 Å². The molecule has 3 aliphatic carbocycles. The van der Waals surface area contributed by atoms with Crippen molar-refractivity contribution in [2.24, 2.45) is 0 Å². The standard InChI is InChI=1S/C53H33N3/c1-2-15-33(16-3-1)50-54-51(36-30-29-35-31-34-17-4-5-18-37(34)44(35)32-36)56-52(55-50)43-24-14-28-48-49(43)42-23-10-13-27-47(42)53(48)45-25-11-8-21-40(45)38-19-6-7-20-39(38)41-22-9-12-26-46(41)53/h1-30,32H,31H2. The molecule has 0 amide bonds. The van der Waals surface area contributed by atoms with E-state index >= 15 is 0 Å². The number of hydrogen-bond donors (Lipinski definition) is 0. The van der Waals surface area contributed by atoms with Gasteiger partial charge in [-0.25, -0.2) is 15.0 Å². The van der Waals surface area contributed by atoms with E-state index in [1.54, 1.807) is 0 Å². The fourth-order valence-corrected chi connectivity index (χ4v) is 9.89. The normalized spacial score (nSPS) is 13.4. The average molecular weight is 712 g/mol. The van der Waals surface area contributed by atoms with Gasteiger partial charge in [0.25, 0.3) is 0 Å². The molecule has 56 heavy (non-hydrogen) atoms. The van der Waals surface area contributed by atoms with Crippen molar-refractivity contribution in [1.29, 1.82) is 0 Å². The van der Waals surface area contributed by atoms with Crippen LogP contribution in [0.25, 0.3) is 78.7 Å².